The first-order valence-electron chi connectivity index (χ1n) is 6.00. The Labute approximate surface area is 111 Å². The summed E-state index contributed by atoms with van der Waals surface area (Å²) in [7, 11) is 1.73. The molecule has 19 heavy (non-hydrogen) atoms. The Morgan fingerprint density at radius 1 is 1.42 bits per heavy atom. The van der Waals surface area contributed by atoms with Gasteiger partial charge in [0.05, 0.1) is 17.4 Å². The molecule has 6 nitrogen and oxygen atoms in total. The Morgan fingerprint density at radius 3 is 2.58 bits per heavy atom. The minimum absolute atomic E-state index is 0.0769. The fourth-order valence-electron chi connectivity index (χ4n) is 1.81. The zero-order valence-corrected chi connectivity index (χ0v) is 11.2. The quantitative estimate of drug-likeness (QED) is 0.875. The SMILES string of the molecule is Cc1[nH]nc(C(=O)N(C)C(C)c2ccncc2)c1N. The molecule has 1 atom stereocenters. The van der Waals surface area contributed by atoms with Gasteiger partial charge < -0.3 is 10.6 Å². The van der Waals surface area contributed by atoms with Gasteiger partial charge in [0.15, 0.2) is 5.69 Å². The Kier molecular flexibility index (Phi) is 3.50. The van der Waals surface area contributed by atoms with Gasteiger partial charge in [-0.3, -0.25) is 14.9 Å². The predicted molar refractivity (Wildman–Crippen MR) is 72.5 cm³/mol. The maximum atomic E-state index is 12.3. The molecule has 0 saturated carbocycles. The number of nitrogens with one attached hydrogen (secondary N) is 1. The summed E-state index contributed by atoms with van der Waals surface area (Å²) < 4.78 is 0. The minimum atomic E-state index is -0.203. The summed E-state index contributed by atoms with van der Waals surface area (Å²) in [6, 6.07) is 3.69. The fourth-order valence-corrected chi connectivity index (χ4v) is 1.81. The van der Waals surface area contributed by atoms with E-state index >= 15 is 0 Å². The van der Waals surface area contributed by atoms with Gasteiger partial charge >= 0.3 is 0 Å². The summed E-state index contributed by atoms with van der Waals surface area (Å²) in [5.41, 5.74) is 8.21. The second-order valence-electron chi connectivity index (χ2n) is 4.48. The van der Waals surface area contributed by atoms with E-state index in [1.807, 2.05) is 19.1 Å². The molecule has 3 N–H and O–H groups in total. The molecular formula is C13H17N5O. The molecule has 2 aromatic rings. The smallest absolute Gasteiger partial charge is 0.276 e. The van der Waals surface area contributed by atoms with E-state index in [9.17, 15) is 4.79 Å². The van der Waals surface area contributed by atoms with Gasteiger partial charge in [-0.1, -0.05) is 0 Å². The fraction of sp³-hybridized carbons (Fsp3) is 0.308. The van der Waals surface area contributed by atoms with E-state index in [1.54, 1.807) is 31.3 Å². The number of hydrogen-bond acceptors (Lipinski definition) is 4. The van der Waals surface area contributed by atoms with Crippen LogP contribution in [0.25, 0.3) is 0 Å². The second-order valence-corrected chi connectivity index (χ2v) is 4.48. The number of aryl methyl sites for hydroxylation is 1. The van der Waals surface area contributed by atoms with Gasteiger partial charge in [-0.2, -0.15) is 5.10 Å². The number of pyridine rings is 1. The van der Waals surface area contributed by atoms with Crippen LogP contribution in [0.3, 0.4) is 0 Å². The van der Waals surface area contributed by atoms with Crippen LogP contribution >= 0.6 is 0 Å². The van der Waals surface area contributed by atoms with Crippen molar-refractivity contribution in [3.05, 3.63) is 41.5 Å². The van der Waals surface area contributed by atoms with Gasteiger partial charge in [0.2, 0.25) is 0 Å². The molecular weight excluding hydrogens is 242 g/mol. The summed E-state index contributed by atoms with van der Waals surface area (Å²) in [5.74, 6) is -0.203. The van der Waals surface area contributed by atoms with Crippen LogP contribution in [0.15, 0.2) is 24.5 Å². The van der Waals surface area contributed by atoms with Crippen molar-refractivity contribution in [2.24, 2.45) is 0 Å². The third-order valence-corrected chi connectivity index (χ3v) is 3.29. The van der Waals surface area contributed by atoms with Gasteiger partial charge in [0.1, 0.15) is 0 Å². The first-order valence-corrected chi connectivity index (χ1v) is 6.00. The molecule has 1 amide bonds. The van der Waals surface area contributed by atoms with Crippen molar-refractivity contribution in [1.82, 2.24) is 20.1 Å². The van der Waals surface area contributed by atoms with E-state index in [-0.39, 0.29) is 17.6 Å². The maximum Gasteiger partial charge on any atom is 0.276 e. The number of hydrogen-bond donors (Lipinski definition) is 2. The van der Waals surface area contributed by atoms with Crippen LogP contribution in [0.1, 0.15) is 34.7 Å². The Morgan fingerprint density at radius 2 is 2.05 bits per heavy atom. The lowest BCUT2D eigenvalue weighted by Crippen LogP contribution is -2.30. The number of H-pyrrole nitrogens is 1. The van der Waals surface area contributed by atoms with E-state index in [0.29, 0.717) is 11.4 Å². The molecule has 6 heteroatoms. The number of carbonyl (C=O) groups excluding carboxylic acids is 1. The number of amides is 1. The normalized spacial score (nSPS) is 12.2. The Hall–Kier alpha value is -2.37. The number of nitrogen functional groups attached to an aromatic ring is 1. The van der Waals surface area contributed by atoms with Gasteiger partial charge in [-0.05, 0) is 31.5 Å². The molecule has 100 valence electrons. The zero-order valence-electron chi connectivity index (χ0n) is 11.2. The molecule has 1 unspecified atom stereocenters. The van der Waals surface area contributed by atoms with E-state index < -0.39 is 0 Å². The molecule has 0 aliphatic carbocycles. The summed E-state index contributed by atoms with van der Waals surface area (Å²) in [4.78, 5) is 17.9. The highest BCUT2D eigenvalue weighted by molar-refractivity contribution is 5.97. The van der Waals surface area contributed by atoms with Gasteiger partial charge in [0, 0.05) is 19.4 Å². The molecule has 2 rings (SSSR count). The van der Waals surface area contributed by atoms with Crippen LogP contribution in [-0.2, 0) is 0 Å². The molecule has 0 spiro atoms. The van der Waals surface area contributed by atoms with Crippen LogP contribution in [0.2, 0.25) is 0 Å². The molecule has 0 aliphatic rings. The number of carbonyl (C=O) groups is 1. The Bertz CT molecular complexity index is 578. The van der Waals surface area contributed by atoms with E-state index in [0.717, 1.165) is 5.56 Å². The van der Waals surface area contributed by atoms with E-state index in [2.05, 4.69) is 15.2 Å². The standard InChI is InChI=1S/C13H17N5O/c1-8-11(14)12(17-16-8)13(19)18(3)9(2)10-4-6-15-7-5-10/h4-7,9H,14H2,1-3H3,(H,16,17). The second kappa shape index (κ2) is 5.09. The molecule has 0 bridgehead atoms. The number of aromatic amines is 1. The predicted octanol–water partition coefficient (Wildman–Crippen LogP) is 1.53. The van der Waals surface area contributed by atoms with Crippen LogP contribution in [-0.4, -0.2) is 33.0 Å². The molecule has 0 radical (unpaired) electrons. The third-order valence-electron chi connectivity index (χ3n) is 3.29. The number of aromatic nitrogens is 3. The van der Waals surface area contributed by atoms with Crippen molar-refractivity contribution in [3.63, 3.8) is 0 Å². The molecule has 0 fully saturated rings. The van der Waals surface area contributed by atoms with Crippen molar-refractivity contribution in [1.29, 1.82) is 0 Å². The minimum Gasteiger partial charge on any atom is -0.395 e. The van der Waals surface area contributed by atoms with E-state index in [4.69, 9.17) is 5.73 Å². The molecule has 0 aliphatic heterocycles. The topological polar surface area (TPSA) is 87.9 Å². The number of nitrogens with two attached hydrogens (primary N) is 1. The van der Waals surface area contributed by atoms with E-state index in [1.165, 1.54) is 0 Å². The molecule has 0 aromatic carbocycles. The molecule has 0 saturated heterocycles. The summed E-state index contributed by atoms with van der Waals surface area (Å²) >= 11 is 0. The lowest BCUT2D eigenvalue weighted by Gasteiger charge is -2.24. The highest BCUT2D eigenvalue weighted by Gasteiger charge is 2.23. The van der Waals surface area contributed by atoms with Crippen LogP contribution in [0.5, 0.6) is 0 Å². The van der Waals surface area contributed by atoms with Crippen molar-refractivity contribution in [2.75, 3.05) is 12.8 Å². The lowest BCUT2D eigenvalue weighted by atomic mass is 10.1. The van der Waals surface area contributed by atoms with Crippen LogP contribution < -0.4 is 5.73 Å². The highest BCUT2D eigenvalue weighted by atomic mass is 16.2. The molecule has 2 aromatic heterocycles. The summed E-state index contributed by atoms with van der Waals surface area (Å²) in [6.45, 7) is 3.73. The summed E-state index contributed by atoms with van der Waals surface area (Å²) in [6.07, 6.45) is 3.41. The highest BCUT2D eigenvalue weighted by Crippen LogP contribution is 2.22. The van der Waals surface area contributed by atoms with Crippen LogP contribution in [0, 0.1) is 6.92 Å². The molecule has 2 heterocycles. The lowest BCUT2D eigenvalue weighted by molar-refractivity contribution is 0.0737. The van der Waals surface area contributed by atoms with Crippen molar-refractivity contribution < 1.29 is 4.79 Å². The van der Waals surface area contributed by atoms with Gasteiger partial charge in [0.25, 0.3) is 5.91 Å². The number of anilines is 1. The average molecular weight is 259 g/mol. The Balaban J connectivity index is 2.22. The maximum absolute atomic E-state index is 12.3. The van der Waals surface area contributed by atoms with Crippen molar-refractivity contribution in [3.8, 4) is 0 Å². The van der Waals surface area contributed by atoms with Gasteiger partial charge in [-0.25, -0.2) is 0 Å². The number of nitrogens with zero attached hydrogens (tertiary/aromatic N) is 3. The summed E-state index contributed by atoms with van der Waals surface area (Å²) in [5, 5.41) is 6.68. The van der Waals surface area contributed by atoms with Gasteiger partial charge in [-0.15, -0.1) is 0 Å². The first-order chi connectivity index (χ1) is 9.02. The zero-order chi connectivity index (χ0) is 14.0. The first kappa shape index (κ1) is 13.1. The largest absolute Gasteiger partial charge is 0.395 e. The van der Waals surface area contributed by atoms with Crippen molar-refractivity contribution in [2.45, 2.75) is 19.9 Å². The number of rotatable bonds is 3. The monoisotopic (exact) mass is 259 g/mol. The van der Waals surface area contributed by atoms with Crippen LogP contribution in [0.4, 0.5) is 5.69 Å². The van der Waals surface area contributed by atoms with Crippen molar-refractivity contribution >= 4 is 11.6 Å². The third kappa shape index (κ3) is 2.42. The average Bonchev–Trinajstić information content (AvgIpc) is 2.77.